The maximum atomic E-state index is 6.28. The van der Waals surface area contributed by atoms with E-state index in [0.29, 0.717) is 16.0 Å². The van der Waals surface area contributed by atoms with E-state index >= 15 is 0 Å². The molecular weight excluding hydrogens is 281 g/mol. The van der Waals surface area contributed by atoms with Crippen molar-refractivity contribution in [3.05, 3.63) is 28.0 Å². The first kappa shape index (κ1) is 13.2. The fourth-order valence-corrected chi connectivity index (χ4v) is 3.20. The first-order valence-corrected chi connectivity index (χ1v) is 7.51. The van der Waals surface area contributed by atoms with E-state index < -0.39 is 0 Å². The lowest BCUT2D eigenvalue weighted by atomic mass is 9.95. The van der Waals surface area contributed by atoms with Crippen molar-refractivity contribution in [2.45, 2.75) is 44.1 Å². The molecule has 2 unspecified atom stereocenters. The molecule has 3 nitrogen and oxygen atoms in total. The number of hydrogen-bond donors (Lipinski definition) is 2. The van der Waals surface area contributed by atoms with Gasteiger partial charge < -0.3 is 10.7 Å². The molecule has 3 N–H and O–H groups in total. The highest BCUT2D eigenvalue weighted by Gasteiger charge is 2.24. The monoisotopic (exact) mass is 297 g/mol. The maximum absolute atomic E-state index is 6.28. The van der Waals surface area contributed by atoms with Crippen molar-refractivity contribution in [1.29, 1.82) is 0 Å². The number of imidazole rings is 1. The van der Waals surface area contributed by atoms with Crippen LogP contribution in [-0.4, -0.2) is 16.0 Å². The topological polar surface area (TPSA) is 54.7 Å². The number of benzene rings is 1. The highest BCUT2D eigenvalue weighted by atomic mass is 35.5. The second-order valence-electron chi connectivity index (χ2n) is 5.31. The van der Waals surface area contributed by atoms with Crippen LogP contribution in [0.2, 0.25) is 10.0 Å². The normalized spacial score (nSPS) is 24.6. The van der Waals surface area contributed by atoms with E-state index in [4.69, 9.17) is 28.9 Å². The number of halogens is 2. The molecule has 0 saturated heterocycles. The minimum Gasteiger partial charge on any atom is -0.342 e. The van der Waals surface area contributed by atoms with Crippen molar-refractivity contribution < 1.29 is 0 Å². The minimum absolute atomic E-state index is 0.189. The van der Waals surface area contributed by atoms with Gasteiger partial charge in [-0.15, -0.1) is 0 Å². The highest BCUT2D eigenvalue weighted by Crippen LogP contribution is 2.32. The lowest BCUT2D eigenvalue weighted by Gasteiger charge is -2.18. The van der Waals surface area contributed by atoms with E-state index in [1.807, 2.05) is 6.07 Å². The van der Waals surface area contributed by atoms with E-state index in [1.165, 1.54) is 19.3 Å². The number of nitrogens with one attached hydrogen (secondary N) is 1. The van der Waals surface area contributed by atoms with Gasteiger partial charge in [0, 0.05) is 12.0 Å². The van der Waals surface area contributed by atoms with Crippen molar-refractivity contribution in [3.8, 4) is 0 Å². The Morgan fingerprint density at radius 1 is 1.11 bits per heavy atom. The van der Waals surface area contributed by atoms with E-state index in [1.54, 1.807) is 6.07 Å². The summed E-state index contributed by atoms with van der Waals surface area (Å²) < 4.78 is 0. The second kappa shape index (κ2) is 5.31. The molecule has 1 heterocycles. The Kier molecular flexibility index (Phi) is 3.70. The summed E-state index contributed by atoms with van der Waals surface area (Å²) in [4.78, 5) is 8.01. The Balaban J connectivity index is 2.00. The summed E-state index contributed by atoms with van der Waals surface area (Å²) >= 11 is 12.1. The Labute approximate surface area is 122 Å². The van der Waals surface area contributed by atoms with Crippen LogP contribution in [0.1, 0.15) is 43.8 Å². The van der Waals surface area contributed by atoms with Crippen LogP contribution in [-0.2, 0) is 0 Å². The van der Waals surface area contributed by atoms with Gasteiger partial charge >= 0.3 is 0 Å². The summed E-state index contributed by atoms with van der Waals surface area (Å²) in [5.41, 5.74) is 8.07. The third-order valence-electron chi connectivity index (χ3n) is 3.96. The van der Waals surface area contributed by atoms with Crippen LogP contribution in [0.3, 0.4) is 0 Å². The summed E-state index contributed by atoms with van der Waals surface area (Å²) in [6, 6.07) is 3.83. The van der Waals surface area contributed by atoms with Gasteiger partial charge in [-0.1, -0.05) is 42.5 Å². The minimum atomic E-state index is 0.189. The van der Waals surface area contributed by atoms with Crippen LogP contribution in [0.4, 0.5) is 0 Å². The Hall–Kier alpha value is -0.770. The summed E-state index contributed by atoms with van der Waals surface area (Å²) in [6.07, 6.45) is 5.88. The number of H-pyrrole nitrogens is 1. The van der Waals surface area contributed by atoms with E-state index in [9.17, 15) is 0 Å². The molecule has 5 heteroatoms. The number of fused-ring (bicyclic) bond motifs is 1. The standard InChI is InChI=1S/C14H17Cl2N3/c15-9-6-12-13(7-10(9)16)19-14(18-12)8-4-2-1-3-5-11(8)17/h6-8,11H,1-5,17H2,(H,18,19). The Bertz CT molecular complexity index is 555. The molecule has 1 aliphatic rings. The van der Waals surface area contributed by atoms with Crippen molar-refractivity contribution in [2.75, 3.05) is 0 Å². The van der Waals surface area contributed by atoms with Crippen LogP contribution in [0, 0.1) is 0 Å². The largest absolute Gasteiger partial charge is 0.342 e. The zero-order valence-corrected chi connectivity index (χ0v) is 12.1. The third kappa shape index (κ3) is 2.60. The van der Waals surface area contributed by atoms with Crippen LogP contribution in [0.5, 0.6) is 0 Å². The molecule has 19 heavy (non-hydrogen) atoms. The first-order chi connectivity index (χ1) is 9.15. The summed E-state index contributed by atoms with van der Waals surface area (Å²) in [6.45, 7) is 0. The van der Waals surface area contributed by atoms with Crippen molar-refractivity contribution in [3.63, 3.8) is 0 Å². The molecule has 0 spiro atoms. The molecule has 1 aromatic carbocycles. The van der Waals surface area contributed by atoms with Gasteiger partial charge in [0.15, 0.2) is 0 Å². The van der Waals surface area contributed by atoms with Crippen LogP contribution in [0.25, 0.3) is 11.0 Å². The Morgan fingerprint density at radius 2 is 1.84 bits per heavy atom. The molecule has 0 amide bonds. The molecule has 1 fully saturated rings. The van der Waals surface area contributed by atoms with Gasteiger partial charge in [0.25, 0.3) is 0 Å². The van der Waals surface area contributed by atoms with Crippen LogP contribution in [0.15, 0.2) is 12.1 Å². The number of nitrogens with two attached hydrogens (primary N) is 1. The van der Waals surface area contributed by atoms with Gasteiger partial charge in [0.2, 0.25) is 0 Å². The molecule has 1 aromatic heterocycles. The lowest BCUT2D eigenvalue weighted by molar-refractivity contribution is 0.488. The molecule has 3 rings (SSSR count). The zero-order chi connectivity index (χ0) is 13.4. The van der Waals surface area contributed by atoms with Gasteiger partial charge in [-0.3, -0.25) is 0 Å². The van der Waals surface area contributed by atoms with E-state index in [-0.39, 0.29) is 6.04 Å². The second-order valence-corrected chi connectivity index (χ2v) is 6.13. The van der Waals surface area contributed by atoms with Gasteiger partial charge in [0.1, 0.15) is 5.82 Å². The summed E-state index contributed by atoms with van der Waals surface area (Å²) in [5, 5.41) is 1.09. The average Bonchev–Trinajstić information content (AvgIpc) is 2.63. The van der Waals surface area contributed by atoms with Crippen molar-refractivity contribution in [2.24, 2.45) is 5.73 Å². The predicted molar refractivity (Wildman–Crippen MR) is 79.9 cm³/mol. The van der Waals surface area contributed by atoms with E-state index in [2.05, 4.69) is 9.97 Å². The maximum Gasteiger partial charge on any atom is 0.111 e. The summed E-state index contributed by atoms with van der Waals surface area (Å²) in [7, 11) is 0. The predicted octanol–water partition coefficient (Wildman–Crippen LogP) is 4.24. The first-order valence-electron chi connectivity index (χ1n) is 6.75. The average molecular weight is 298 g/mol. The van der Waals surface area contributed by atoms with Gasteiger partial charge in [-0.25, -0.2) is 4.98 Å². The quantitative estimate of drug-likeness (QED) is 0.773. The zero-order valence-electron chi connectivity index (χ0n) is 10.6. The smallest absolute Gasteiger partial charge is 0.111 e. The number of nitrogens with zero attached hydrogens (tertiary/aromatic N) is 1. The summed E-state index contributed by atoms with van der Waals surface area (Å²) in [5.74, 6) is 1.29. The number of aromatic nitrogens is 2. The van der Waals surface area contributed by atoms with Crippen LogP contribution >= 0.6 is 23.2 Å². The molecule has 1 saturated carbocycles. The number of rotatable bonds is 1. The third-order valence-corrected chi connectivity index (χ3v) is 4.69. The highest BCUT2D eigenvalue weighted by molar-refractivity contribution is 6.42. The van der Waals surface area contributed by atoms with Crippen molar-refractivity contribution in [1.82, 2.24) is 9.97 Å². The molecular formula is C14H17Cl2N3. The molecule has 0 aliphatic heterocycles. The van der Waals surface area contributed by atoms with Gasteiger partial charge in [-0.2, -0.15) is 0 Å². The molecule has 2 aromatic rings. The molecule has 102 valence electrons. The van der Waals surface area contributed by atoms with E-state index in [0.717, 1.165) is 29.7 Å². The number of aromatic amines is 1. The van der Waals surface area contributed by atoms with Crippen LogP contribution < -0.4 is 5.73 Å². The molecule has 0 radical (unpaired) electrons. The molecule has 1 aliphatic carbocycles. The Morgan fingerprint density at radius 3 is 2.68 bits per heavy atom. The van der Waals surface area contributed by atoms with Gasteiger partial charge in [-0.05, 0) is 25.0 Å². The molecule has 2 atom stereocenters. The fraction of sp³-hybridized carbons (Fsp3) is 0.500. The van der Waals surface area contributed by atoms with Crippen molar-refractivity contribution >= 4 is 34.2 Å². The number of hydrogen-bond acceptors (Lipinski definition) is 2. The lowest BCUT2D eigenvalue weighted by Crippen LogP contribution is -2.27. The SMILES string of the molecule is NC1CCCCCC1c1nc2cc(Cl)c(Cl)cc2[nH]1. The fourth-order valence-electron chi connectivity index (χ4n) is 2.88. The van der Waals surface area contributed by atoms with Gasteiger partial charge in [0.05, 0.1) is 21.1 Å². The molecule has 0 bridgehead atoms.